The fourth-order valence-corrected chi connectivity index (χ4v) is 2.97. The lowest BCUT2D eigenvalue weighted by Crippen LogP contribution is -1.88. The van der Waals surface area contributed by atoms with Crippen molar-refractivity contribution < 1.29 is 0 Å². The second-order valence-electron chi connectivity index (χ2n) is 3.63. The quantitative estimate of drug-likeness (QED) is 0.641. The number of benzene rings is 1. The first-order valence-electron chi connectivity index (χ1n) is 4.95. The molecular weight excluding hydrogens is 190 g/mol. The third kappa shape index (κ3) is 1.26. The van der Waals surface area contributed by atoms with E-state index in [2.05, 4.69) is 41.4 Å². The molecule has 1 atom stereocenters. The van der Waals surface area contributed by atoms with Crippen molar-refractivity contribution in [3.63, 3.8) is 0 Å². The summed E-state index contributed by atoms with van der Waals surface area (Å²) in [5, 5.41) is 1.28. The summed E-state index contributed by atoms with van der Waals surface area (Å²) in [6.45, 7) is 0. The summed E-state index contributed by atoms with van der Waals surface area (Å²) in [5.74, 6) is 0.576. The predicted molar refractivity (Wildman–Crippen MR) is 60.7 cm³/mol. The van der Waals surface area contributed by atoms with Crippen molar-refractivity contribution in [1.82, 2.24) is 4.98 Å². The van der Waals surface area contributed by atoms with Crippen LogP contribution in [0.15, 0.2) is 36.4 Å². The van der Waals surface area contributed by atoms with Gasteiger partial charge in [0.15, 0.2) is 0 Å². The summed E-state index contributed by atoms with van der Waals surface area (Å²) < 4.78 is 1.31. The number of allylic oxidation sites excluding steroid dienone is 2. The summed E-state index contributed by atoms with van der Waals surface area (Å²) in [6.07, 6.45) is 6.99. The molecule has 0 saturated carbocycles. The van der Waals surface area contributed by atoms with Crippen LogP contribution in [0.1, 0.15) is 23.8 Å². The second-order valence-corrected chi connectivity index (χ2v) is 4.69. The highest BCUT2D eigenvalue weighted by Crippen LogP contribution is 2.33. The standard InChI is InChI=1S/C12H11NS/c1-2-6-9(5-1)12-13-10-7-3-4-8-11(10)14-12/h1,3-5,7-9H,2,6H2/t9-/m0/s1. The van der Waals surface area contributed by atoms with Crippen molar-refractivity contribution in [2.24, 2.45) is 0 Å². The van der Waals surface area contributed by atoms with Gasteiger partial charge in [-0.05, 0) is 25.0 Å². The van der Waals surface area contributed by atoms with Crippen molar-refractivity contribution in [1.29, 1.82) is 0 Å². The molecule has 1 aromatic carbocycles. The SMILES string of the molecule is C1=C[C@H](c2nc3ccccc3s2)CC1. The first-order valence-corrected chi connectivity index (χ1v) is 5.77. The molecule has 0 spiro atoms. The molecule has 1 aromatic heterocycles. The Labute approximate surface area is 87.1 Å². The molecule has 14 heavy (non-hydrogen) atoms. The fourth-order valence-electron chi connectivity index (χ4n) is 1.89. The van der Waals surface area contributed by atoms with E-state index in [-0.39, 0.29) is 0 Å². The van der Waals surface area contributed by atoms with Crippen LogP contribution in [-0.4, -0.2) is 4.98 Å². The van der Waals surface area contributed by atoms with E-state index < -0.39 is 0 Å². The molecule has 0 unspecified atom stereocenters. The number of rotatable bonds is 1. The average Bonchev–Trinajstić information content (AvgIpc) is 2.86. The summed E-state index contributed by atoms with van der Waals surface area (Å²) in [5.41, 5.74) is 1.15. The Bertz CT molecular complexity index is 451. The Morgan fingerprint density at radius 2 is 2.21 bits per heavy atom. The molecule has 0 N–H and O–H groups in total. The van der Waals surface area contributed by atoms with Gasteiger partial charge in [-0.2, -0.15) is 0 Å². The van der Waals surface area contributed by atoms with Crippen LogP contribution in [0, 0.1) is 0 Å². The zero-order valence-corrected chi connectivity index (χ0v) is 8.63. The molecule has 2 aromatic rings. The molecular formula is C12H11NS. The highest BCUT2D eigenvalue weighted by Gasteiger charge is 2.15. The van der Waals surface area contributed by atoms with E-state index in [0.29, 0.717) is 5.92 Å². The van der Waals surface area contributed by atoms with Crippen LogP contribution in [0.4, 0.5) is 0 Å². The minimum Gasteiger partial charge on any atom is -0.241 e. The Morgan fingerprint density at radius 1 is 1.29 bits per heavy atom. The van der Waals surface area contributed by atoms with Crippen molar-refractivity contribution in [3.05, 3.63) is 41.4 Å². The van der Waals surface area contributed by atoms with E-state index in [0.717, 1.165) is 5.52 Å². The maximum absolute atomic E-state index is 4.66. The van der Waals surface area contributed by atoms with E-state index in [4.69, 9.17) is 0 Å². The minimum atomic E-state index is 0.576. The second kappa shape index (κ2) is 3.21. The van der Waals surface area contributed by atoms with Crippen LogP contribution in [0.5, 0.6) is 0 Å². The van der Waals surface area contributed by atoms with Crippen LogP contribution in [0.25, 0.3) is 10.2 Å². The van der Waals surface area contributed by atoms with Gasteiger partial charge in [0.1, 0.15) is 5.01 Å². The number of nitrogens with zero attached hydrogens (tertiary/aromatic N) is 1. The molecule has 0 saturated heterocycles. The van der Waals surface area contributed by atoms with Crippen molar-refractivity contribution in [2.75, 3.05) is 0 Å². The van der Waals surface area contributed by atoms with E-state index >= 15 is 0 Å². The summed E-state index contributed by atoms with van der Waals surface area (Å²) >= 11 is 1.83. The zero-order valence-electron chi connectivity index (χ0n) is 7.81. The Morgan fingerprint density at radius 3 is 3.00 bits per heavy atom. The van der Waals surface area contributed by atoms with Gasteiger partial charge in [-0.15, -0.1) is 11.3 Å². The van der Waals surface area contributed by atoms with Crippen LogP contribution in [-0.2, 0) is 0 Å². The monoisotopic (exact) mass is 201 g/mol. The summed E-state index contributed by atoms with van der Waals surface area (Å²) in [7, 11) is 0. The maximum atomic E-state index is 4.66. The number of thiazole rings is 1. The lowest BCUT2D eigenvalue weighted by molar-refractivity contribution is 0.795. The summed E-state index contributed by atoms with van der Waals surface area (Å²) in [6, 6.07) is 8.37. The van der Waals surface area contributed by atoms with Crippen molar-refractivity contribution in [3.8, 4) is 0 Å². The molecule has 70 valence electrons. The third-order valence-electron chi connectivity index (χ3n) is 2.64. The van der Waals surface area contributed by atoms with E-state index in [1.54, 1.807) is 0 Å². The molecule has 0 amide bonds. The van der Waals surface area contributed by atoms with Gasteiger partial charge >= 0.3 is 0 Å². The minimum absolute atomic E-state index is 0.576. The van der Waals surface area contributed by atoms with E-state index in [1.165, 1.54) is 22.5 Å². The topological polar surface area (TPSA) is 12.9 Å². The van der Waals surface area contributed by atoms with E-state index in [1.807, 2.05) is 11.3 Å². The number of para-hydroxylation sites is 1. The average molecular weight is 201 g/mol. The van der Waals surface area contributed by atoms with Gasteiger partial charge < -0.3 is 0 Å². The molecule has 1 aliphatic rings. The molecule has 0 radical (unpaired) electrons. The normalized spacial score (nSPS) is 20.7. The van der Waals surface area contributed by atoms with Gasteiger partial charge in [-0.1, -0.05) is 24.3 Å². The van der Waals surface area contributed by atoms with Gasteiger partial charge in [-0.3, -0.25) is 0 Å². The molecule has 2 heteroatoms. The van der Waals surface area contributed by atoms with Crippen LogP contribution < -0.4 is 0 Å². The molecule has 1 heterocycles. The number of aromatic nitrogens is 1. The number of hydrogen-bond donors (Lipinski definition) is 0. The maximum Gasteiger partial charge on any atom is 0.101 e. The van der Waals surface area contributed by atoms with E-state index in [9.17, 15) is 0 Å². The Kier molecular flexibility index (Phi) is 1.88. The predicted octanol–water partition coefficient (Wildman–Crippen LogP) is 3.73. The molecule has 0 aliphatic heterocycles. The van der Waals surface area contributed by atoms with Crippen LogP contribution in [0.3, 0.4) is 0 Å². The van der Waals surface area contributed by atoms with Gasteiger partial charge in [0.05, 0.1) is 10.2 Å². The third-order valence-corrected chi connectivity index (χ3v) is 3.81. The van der Waals surface area contributed by atoms with Gasteiger partial charge in [0.25, 0.3) is 0 Å². The molecule has 0 fully saturated rings. The van der Waals surface area contributed by atoms with Crippen molar-refractivity contribution in [2.45, 2.75) is 18.8 Å². The molecule has 1 aliphatic carbocycles. The summed E-state index contributed by atoms with van der Waals surface area (Å²) in [4.78, 5) is 4.66. The molecule has 0 bridgehead atoms. The Hall–Kier alpha value is -1.15. The van der Waals surface area contributed by atoms with Crippen LogP contribution >= 0.6 is 11.3 Å². The van der Waals surface area contributed by atoms with Gasteiger partial charge in [0.2, 0.25) is 0 Å². The first kappa shape index (κ1) is 8.18. The first-order chi connectivity index (χ1) is 6.93. The highest BCUT2D eigenvalue weighted by atomic mass is 32.1. The fraction of sp³-hybridized carbons (Fsp3) is 0.250. The van der Waals surface area contributed by atoms with Crippen molar-refractivity contribution >= 4 is 21.6 Å². The highest BCUT2D eigenvalue weighted by molar-refractivity contribution is 7.18. The van der Waals surface area contributed by atoms with Gasteiger partial charge in [0, 0.05) is 5.92 Å². The zero-order chi connectivity index (χ0) is 9.38. The van der Waals surface area contributed by atoms with Gasteiger partial charge in [-0.25, -0.2) is 4.98 Å². The molecule has 1 nitrogen and oxygen atoms in total. The largest absolute Gasteiger partial charge is 0.241 e. The Balaban J connectivity index is 2.09. The number of fused-ring (bicyclic) bond motifs is 1. The molecule has 3 rings (SSSR count). The van der Waals surface area contributed by atoms with Crippen LogP contribution in [0.2, 0.25) is 0 Å². The smallest absolute Gasteiger partial charge is 0.101 e. The number of hydrogen-bond acceptors (Lipinski definition) is 2. The lowest BCUT2D eigenvalue weighted by Gasteiger charge is -1.99. The lowest BCUT2D eigenvalue weighted by atomic mass is 10.1.